The Morgan fingerprint density at radius 3 is 2.78 bits per heavy atom. The highest BCUT2D eigenvalue weighted by Crippen LogP contribution is 2.26. The van der Waals surface area contributed by atoms with E-state index in [1.165, 1.54) is 32.1 Å². The molecule has 0 bridgehead atoms. The number of carbonyl (C=O) groups is 1. The van der Waals surface area contributed by atoms with Crippen LogP contribution >= 0.6 is 0 Å². The summed E-state index contributed by atoms with van der Waals surface area (Å²) in [4.78, 5) is 11.8. The molecule has 106 valence electrons. The molecule has 0 saturated heterocycles. The summed E-state index contributed by atoms with van der Waals surface area (Å²) in [6, 6.07) is 0.950. The van der Waals surface area contributed by atoms with E-state index in [2.05, 4.69) is 31.4 Å². The Balaban J connectivity index is 2.11. The third-order valence-electron chi connectivity index (χ3n) is 3.86. The summed E-state index contributed by atoms with van der Waals surface area (Å²) in [6.45, 7) is 7.46. The summed E-state index contributed by atoms with van der Waals surface area (Å²) in [5.41, 5.74) is 0. The van der Waals surface area contributed by atoms with Crippen molar-refractivity contribution in [2.24, 2.45) is 5.92 Å². The Kier molecular flexibility index (Phi) is 7.33. The van der Waals surface area contributed by atoms with Gasteiger partial charge in [0.05, 0.1) is 0 Å². The van der Waals surface area contributed by atoms with Crippen LogP contribution < -0.4 is 10.6 Å². The van der Waals surface area contributed by atoms with Gasteiger partial charge in [0.1, 0.15) is 0 Å². The molecule has 0 aromatic heterocycles. The Hall–Kier alpha value is -0.570. The van der Waals surface area contributed by atoms with Gasteiger partial charge in [-0.3, -0.25) is 4.79 Å². The van der Waals surface area contributed by atoms with Crippen LogP contribution in [0.15, 0.2) is 0 Å². The Morgan fingerprint density at radius 1 is 1.33 bits per heavy atom. The smallest absolute Gasteiger partial charge is 0.220 e. The molecule has 1 rings (SSSR count). The molecule has 0 radical (unpaired) electrons. The van der Waals surface area contributed by atoms with Gasteiger partial charge in [-0.05, 0) is 31.7 Å². The number of amides is 1. The van der Waals surface area contributed by atoms with Crippen molar-refractivity contribution in [2.75, 3.05) is 6.54 Å². The standard InChI is InChI=1S/C15H30N2O/c1-4-13-7-5-8-14(11-13)17-15(18)9-6-10-16-12(2)3/h12-14,16H,4-11H2,1-3H3,(H,17,18). The van der Waals surface area contributed by atoms with E-state index >= 15 is 0 Å². The summed E-state index contributed by atoms with van der Waals surface area (Å²) in [6.07, 6.45) is 7.84. The van der Waals surface area contributed by atoms with E-state index in [0.717, 1.165) is 18.9 Å². The van der Waals surface area contributed by atoms with Crippen molar-refractivity contribution in [3.05, 3.63) is 0 Å². The fraction of sp³-hybridized carbons (Fsp3) is 0.933. The minimum absolute atomic E-state index is 0.238. The van der Waals surface area contributed by atoms with Crippen molar-refractivity contribution in [3.8, 4) is 0 Å². The van der Waals surface area contributed by atoms with E-state index in [0.29, 0.717) is 18.5 Å². The molecule has 3 nitrogen and oxygen atoms in total. The third kappa shape index (κ3) is 6.39. The highest BCUT2D eigenvalue weighted by molar-refractivity contribution is 5.76. The maximum absolute atomic E-state index is 11.8. The predicted molar refractivity (Wildman–Crippen MR) is 76.6 cm³/mol. The molecule has 2 unspecified atom stereocenters. The molecule has 1 aliphatic carbocycles. The van der Waals surface area contributed by atoms with Crippen molar-refractivity contribution < 1.29 is 4.79 Å². The average Bonchev–Trinajstić information content (AvgIpc) is 2.34. The second kappa shape index (κ2) is 8.52. The largest absolute Gasteiger partial charge is 0.353 e. The van der Waals surface area contributed by atoms with Crippen LogP contribution in [0.4, 0.5) is 0 Å². The molecule has 1 saturated carbocycles. The van der Waals surface area contributed by atoms with Crippen LogP contribution in [0.1, 0.15) is 65.7 Å². The van der Waals surface area contributed by atoms with Gasteiger partial charge in [0.15, 0.2) is 0 Å². The van der Waals surface area contributed by atoms with E-state index in [9.17, 15) is 4.79 Å². The summed E-state index contributed by atoms with van der Waals surface area (Å²) in [5.74, 6) is 1.06. The summed E-state index contributed by atoms with van der Waals surface area (Å²) in [5, 5.41) is 6.55. The first-order valence-electron chi connectivity index (χ1n) is 7.64. The second-order valence-corrected chi connectivity index (χ2v) is 5.92. The number of rotatable bonds is 7. The minimum Gasteiger partial charge on any atom is -0.353 e. The molecule has 1 fully saturated rings. The molecule has 1 amide bonds. The molecular formula is C15H30N2O. The normalized spacial score (nSPS) is 24.2. The molecule has 0 spiro atoms. The van der Waals surface area contributed by atoms with Crippen molar-refractivity contribution >= 4 is 5.91 Å². The van der Waals surface area contributed by atoms with Crippen molar-refractivity contribution in [2.45, 2.75) is 77.8 Å². The van der Waals surface area contributed by atoms with E-state index in [1.54, 1.807) is 0 Å². The lowest BCUT2D eigenvalue weighted by atomic mass is 9.84. The number of carbonyl (C=O) groups excluding carboxylic acids is 1. The lowest BCUT2D eigenvalue weighted by molar-refractivity contribution is -0.122. The van der Waals surface area contributed by atoms with Crippen LogP contribution in [0.2, 0.25) is 0 Å². The summed E-state index contributed by atoms with van der Waals surface area (Å²) >= 11 is 0. The van der Waals surface area contributed by atoms with Gasteiger partial charge in [0, 0.05) is 18.5 Å². The molecular weight excluding hydrogens is 224 g/mol. The van der Waals surface area contributed by atoms with Gasteiger partial charge < -0.3 is 10.6 Å². The first kappa shape index (κ1) is 15.5. The molecule has 2 N–H and O–H groups in total. The van der Waals surface area contributed by atoms with Gasteiger partial charge in [-0.25, -0.2) is 0 Å². The molecule has 0 aliphatic heterocycles. The minimum atomic E-state index is 0.238. The van der Waals surface area contributed by atoms with Gasteiger partial charge in [0.25, 0.3) is 0 Å². The average molecular weight is 254 g/mol. The Labute approximate surface area is 112 Å². The quantitative estimate of drug-likeness (QED) is 0.686. The van der Waals surface area contributed by atoms with E-state index in [-0.39, 0.29) is 5.91 Å². The van der Waals surface area contributed by atoms with Gasteiger partial charge in [-0.1, -0.05) is 40.0 Å². The third-order valence-corrected chi connectivity index (χ3v) is 3.86. The van der Waals surface area contributed by atoms with Crippen LogP contribution in [0.3, 0.4) is 0 Å². The Morgan fingerprint density at radius 2 is 2.11 bits per heavy atom. The van der Waals surface area contributed by atoms with Gasteiger partial charge in [0.2, 0.25) is 5.91 Å². The van der Waals surface area contributed by atoms with Crippen molar-refractivity contribution in [1.82, 2.24) is 10.6 Å². The van der Waals surface area contributed by atoms with E-state index in [1.807, 2.05) is 0 Å². The van der Waals surface area contributed by atoms with Gasteiger partial charge in [-0.15, -0.1) is 0 Å². The zero-order chi connectivity index (χ0) is 13.4. The lowest BCUT2D eigenvalue weighted by Gasteiger charge is -2.29. The zero-order valence-corrected chi connectivity index (χ0v) is 12.3. The number of hydrogen-bond donors (Lipinski definition) is 2. The van der Waals surface area contributed by atoms with Gasteiger partial charge >= 0.3 is 0 Å². The monoisotopic (exact) mass is 254 g/mol. The fourth-order valence-electron chi connectivity index (χ4n) is 2.73. The molecule has 1 aliphatic rings. The first-order valence-corrected chi connectivity index (χ1v) is 7.64. The van der Waals surface area contributed by atoms with Crippen LogP contribution in [-0.2, 0) is 4.79 Å². The van der Waals surface area contributed by atoms with Crippen LogP contribution in [-0.4, -0.2) is 24.5 Å². The lowest BCUT2D eigenvalue weighted by Crippen LogP contribution is -2.38. The highest BCUT2D eigenvalue weighted by atomic mass is 16.1. The topological polar surface area (TPSA) is 41.1 Å². The Bertz CT molecular complexity index is 241. The SMILES string of the molecule is CCC1CCCC(NC(=O)CCCNC(C)C)C1. The van der Waals surface area contributed by atoms with Crippen LogP contribution in [0.5, 0.6) is 0 Å². The maximum Gasteiger partial charge on any atom is 0.220 e. The number of hydrogen-bond acceptors (Lipinski definition) is 2. The molecule has 0 aromatic carbocycles. The fourth-order valence-corrected chi connectivity index (χ4v) is 2.73. The van der Waals surface area contributed by atoms with Crippen molar-refractivity contribution in [1.29, 1.82) is 0 Å². The zero-order valence-electron chi connectivity index (χ0n) is 12.3. The first-order chi connectivity index (χ1) is 8.61. The van der Waals surface area contributed by atoms with E-state index < -0.39 is 0 Å². The predicted octanol–water partition coefficient (Wildman–Crippen LogP) is 2.85. The van der Waals surface area contributed by atoms with Crippen molar-refractivity contribution in [3.63, 3.8) is 0 Å². The van der Waals surface area contributed by atoms with Crippen LogP contribution in [0.25, 0.3) is 0 Å². The molecule has 18 heavy (non-hydrogen) atoms. The van der Waals surface area contributed by atoms with E-state index in [4.69, 9.17) is 0 Å². The number of nitrogens with one attached hydrogen (secondary N) is 2. The summed E-state index contributed by atoms with van der Waals surface area (Å²) in [7, 11) is 0. The maximum atomic E-state index is 11.8. The second-order valence-electron chi connectivity index (χ2n) is 5.92. The molecule has 0 heterocycles. The molecule has 2 atom stereocenters. The molecule has 0 aromatic rings. The van der Waals surface area contributed by atoms with Crippen LogP contribution in [0, 0.1) is 5.92 Å². The molecule has 3 heteroatoms. The van der Waals surface area contributed by atoms with Gasteiger partial charge in [-0.2, -0.15) is 0 Å². The highest BCUT2D eigenvalue weighted by Gasteiger charge is 2.21. The summed E-state index contributed by atoms with van der Waals surface area (Å²) < 4.78 is 0.